The monoisotopic (exact) mass is 361 g/mol. The second-order valence-electron chi connectivity index (χ2n) is 5.70. The predicted octanol–water partition coefficient (Wildman–Crippen LogP) is 3.23. The van der Waals surface area contributed by atoms with Gasteiger partial charge in [0.1, 0.15) is 0 Å². The lowest BCUT2D eigenvalue weighted by Gasteiger charge is -2.21. The van der Waals surface area contributed by atoms with Crippen molar-refractivity contribution in [1.82, 2.24) is 20.2 Å². The first-order valence-electron chi connectivity index (χ1n) is 8.61. The molecule has 0 aliphatic carbocycles. The third kappa shape index (κ3) is 6.01. The van der Waals surface area contributed by atoms with Crippen molar-refractivity contribution in [1.29, 1.82) is 0 Å². The molecule has 2 rings (SSSR count). The number of pyridine rings is 1. The summed E-state index contributed by atoms with van der Waals surface area (Å²) in [5.74, 6) is 1.51. The summed E-state index contributed by atoms with van der Waals surface area (Å²) in [6.07, 6.45) is 2.71. The highest BCUT2D eigenvalue weighted by Gasteiger charge is 2.10. The van der Waals surface area contributed by atoms with Crippen molar-refractivity contribution >= 4 is 17.3 Å². The Morgan fingerprint density at radius 1 is 1.40 bits per heavy atom. The van der Waals surface area contributed by atoms with Gasteiger partial charge in [-0.2, -0.15) is 0 Å². The molecule has 2 heterocycles. The molecule has 0 radical (unpaired) electrons. The van der Waals surface area contributed by atoms with Crippen LogP contribution in [0.1, 0.15) is 36.5 Å². The molecule has 0 fully saturated rings. The molecule has 136 valence electrons. The number of hydrogen-bond acceptors (Lipinski definition) is 5. The largest absolute Gasteiger partial charge is 0.477 e. The van der Waals surface area contributed by atoms with E-state index in [4.69, 9.17) is 9.73 Å². The number of nitrogens with zero attached hydrogens (tertiary/aromatic N) is 4. The van der Waals surface area contributed by atoms with Crippen molar-refractivity contribution in [3.05, 3.63) is 40.0 Å². The summed E-state index contributed by atoms with van der Waals surface area (Å²) in [6.45, 7) is 8.89. The maximum atomic E-state index is 5.71. The smallest absolute Gasteiger partial charge is 0.218 e. The lowest BCUT2D eigenvalue weighted by molar-refractivity contribution is 0.302. The predicted molar refractivity (Wildman–Crippen MR) is 103 cm³/mol. The van der Waals surface area contributed by atoms with E-state index in [-0.39, 0.29) is 0 Å². The number of aromatic nitrogens is 2. The molecule has 0 spiro atoms. The molecule has 2 aromatic rings. The van der Waals surface area contributed by atoms with Crippen LogP contribution in [0.15, 0.2) is 28.7 Å². The molecule has 0 bridgehead atoms. The molecule has 0 aliphatic heterocycles. The molecule has 0 aromatic carbocycles. The number of nitrogens with one attached hydrogen (secondary N) is 1. The van der Waals surface area contributed by atoms with Crippen LogP contribution in [-0.4, -0.2) is 41.0 Å². The number of rotatable bonds is 8. The van der Waals surface area contributed by atoms with Crippen molar-refractivity contribution in [3.63, 3.8) is 0 Å². The van der Waals surface area contributed by atoms with Gasteiger partial charge in [-0.15, -0.1) is 11.3 Å². The van der Waals surface area contributed by atoms with E-state index in [0.29, 0.717) is 19.0 Å². The first kappa shape index (κ1) is 19.2. The fourth-order valence-electron chi connectivity index (χ4n) is 2.30. The van der Waals surface area contributed by atoms with Crippen molar-refractivity contribution < 1.29 is 4.74 Å². The zero-order chi connectivity index (χ0) is 18.1. The van der Waals surface area contributed by atoms with Crippen molar-refractivity contribution in [2.75, 3.05) is 20.2 Å². The van der Waals surface area contributed by atoms with Gasteiger partial charge in [0.15, 0.2) is 5.96 Å². The third-order valence-corrected chi connectivity index (χ3v) is 4.28. The summed E-state index contributed by atoms with van der Waals surface area (Å²) < 4.78 is 5.71. The normalized spacial score (nSPS) is 11.4. The Hall–Kier alpha value is -2.15. The minimum absolute atomic E-state index is 0.523. The molecule has 0 aliphatic rings. The Balaban J connectivity index is 2.08. The number of ether oxygens (including phenoxy) is 1. The molecule has 6 nitrogen and oxygen atoms in total. The fraction of sp³-hybridized carbons (Fsp3) is 0.500. The van der Waals surface area contributed by atoms with E-state index in [9.17, 15) is 0 Å². The van der Waals surface area contributed by atoms with Crippen molar-refractivity contribution in [2.24, 2.45) is 4.99 Å². The van der Waals surface area contributed by atoms with Gasteiger partial charge in [-0.25, -0.2) is 15.0 Å². The molecule has 0 saturated heterocycles. The van der Waals surface area contributed by atoms with Crippen LogP contribution in [0, 0.1) is 6.92 Å². The van der Waals surface area contributed by atoms with Gasteiger partial charge in [0, 0.05) is 30.7 Å². The number of thiazole rings is 1. The first-order chi connectivity index (χ1) is 12.1. The van der Waals surface area contributed by atoms with Crippen LogP contribution in [-0.2, 0) is 13.1 Å². The van der Waals surface area contributed by atoms with E-state index in [1.807, 2.05) is 26.1 Å². The van der Waals surface area contributed by atoms with Crippen molar-refractivity contribution in [2.45, 2.75) is 40.3 Å². The molecule has 0 amide bonds. The van der Waals surface area contributed by atoms with E-state index >= 15 is 0 Å². The van der Waals surface area contributed by atoms with Crippen LogP contribution >= 0.6 is 11.3 Å². The average Bonchev–Trinajstić information content (AvgIpc) is 3.02. The Morgan fingerprint density at radius 3 is 2.92 bits per heavy atom. The second kappa shape index (κ2) is 9.98. The maximum Gasteiger partial charge on any atom is 0.218 e. The van der Waals surface area contributed by atoms with Gasteiger partial charge < -0.3 is 15.0 Å². The highest BCUT2D eigenvalue weighted by Crippen LogP contribution is 2.16. The summed E-state index contributed by atoms with van der Waals surface area (Å²) in [5.41, 5.74) is 2.05. The van der Waals surface area contributed by atoms with Crippen LogP contribution in [0.3, 0.4) is 0 Å². The summed E-state index contributed by atoms with van der Waals surface area (Å²) >= 11 is 1.67. The van der Waals surface area contributed by atoms with Gasteiger partial charge in [-0.05, 0) is 26.3 Å². The molecular formula is C18H27N5OS. The van der Waals surface area contributed by atoms with E-state index in [1.54, 1.807) is 17.5 Å². The van der Waals surface area contributed by atoms with Gasteiger partial charge in [-0.3, -0.25) is 0 Å². The Bertz CT molecular complexity index is 686. The lowest BCUT2D eigenvalue weighted by atomic mass is 10.3. The van der Waals surface area contributed by atoms with E-state index in [0.717, 1.165) is 41.7 Å². The van der Waals surface area contributed by atoms with Gasteiger partial charge in [-0.1, -0.05) is 13.0 Å². The molecule has 7 heteroatoms. The minimum Gasteiger partial charge on any atom is -0.477 e. The highest BCUT2D eigenvalue weighted by atomic mass is 32.1. The number of aliphatic imine (C=N–C) groups is 1. The molecule has 2 aromatic heterocycles. The Labute approximate surface area is 154 Å². The topological polar surface area (TPSA) is 62.6 Å². The Morgan fingerprint density at radius 2 is 2.24 bits per heavy atom. The maximum absolute atomic E-state index is 5.71. The SMILES string of the molecule is CCCOc1ncccc1CN=C(NCC)N(C)Cc1csc(C)n1. The fourth-order valence-corrected chi connectivity index (χ4v) is 2.91. The van der Waals surface area contributed by atoms with Gasteiger partial charge in [0.05, 0.1) is 30.4 Å². The van der Waals surface area contributed by atoms with Crippen LogP contribution < -0.4 is 10.1 Å². The standard InChI is InChI=1S/C18H27N5OS/c1-5-10-24-17-15(8-7-9-20-17)11-21-18(19-6-2)23(4)12-16-13-25-14(3)22-16/h7-9,13H,5-6,10-12H2,1-4H3,(H,19,21). The summed E-state index contributed by atoms with van der Waals surface area (Å²) in [4.78, 5) is 15.7. The van der Waals surface area contributed by atoms with Gasteiger partial charge in [0.25, 0.3) is 0 Å². The van der Waals surface area contributed by atoms with E-state index in [1.165, 1.54) is 0 Å². The third-order valence-electron chi connectivity index (χ3n) is 3.45. The average molecular weight is 362 g/mol. The lowest BCUT2D eigenvalue weighted by Crippen LogP contribution is -2.38. The van der Waals surface area contributed by atoms with Crippen LogP contribution in [0.2, 0.25) is 0 Å². The minimum atomic E-state index is 0.523. The van der Waals surface area contributed by atoms with Crippen molar-refractivity contribution in [3.8, 4) is 5.88 Å². The summed E-state index contributed by atoms with van der Waals surface area (Å²) in [6, 6.07) is 3.92. The first-order valence-corrected chi connectivity index (χ1v) is 9.49. The second-order valence-corrected chi connectivity index (χ2v) is 6.76. The zero-order valence-corrected chi connectivity index (χ0v) is 16.3. The zero-order valence-electron chi connectivity index (χ0n) is 15.5. The van der Waals surface area contributed by atoms with E-state index < -0.39 is 0 Å². The number of guanidine groups is 1. The molecule has 0 saturated carbocycles. The molecular weight excluding hydrogens is 334 g/mol. The van der Waals surface area contributed by atoms with Crippen LogP contribution in [0.5, 0.6) is 5.88 Å². The Kier molecular flexibility index (Phi) is 7.66. The van der Waals surface area contributed by atoms with Crippen LogP contribution in [0.25, 0.3) is 0 Å². The van der Waals surface area contributed by atoms with Crippen LogP contribution in [0.4, 0.5) is 0 Å². The summed E-state index contributed by atoms with van der Waals surface area (Å²) in [5, 5.41) is 6.50. The molecule has 0 unspecified atom stereocenters. The highest BCUT2D eigenvalue weighted by molar-refractivity contribution is 7.09. The van der Waals surface area contributed by atoms with E-state index in [2.05, 4.69) is 39.4 Å². The molecule has 25 heavy (non-hydrogen) atoms. The number of hydrogen-bond donors (Lipinski definition) is 1. The molecule has 1 N–H and O–H groups in total. The summed E-state index contributed by atoms with van der Waals surface area (Å²) in [7, 11) is 2.02. The van der Waals surface area contributed by atoms with Gasteiger partial charge >= 0.3 is 0 Å². The molecule has 0 atom stereocenters. The van der Waals surface area contributed by atoms with Gasteiger partial charge in [0.2, 0.25) is 5.88 Å². The number of aryl methyl sites for hydroxylation is 1. The quantitative estimate of drug-likeness (QED) is 0.578.